The van der Waals surface area contributed by atoms with Crippen molar-refractivity contribution in [3.05, 3.63) is 45.6 Å². The summed E-state index contributed by atoms with van der Waals surface area (Å²) < 4.78 is 17.1. The van der Waals surface area contributed by atoms with Crippen LogP contribution in [0.3, 0.4) is 0 Å². The lowest BCUT2D eigenvalue weighted by atomic mass is 9.85. The lowest BCUT2D eigenvalue weighted by molar-refractivity contribution is -0.0906. The molecule has 1 spiro atoms. The molecule has 6 heteroatoms. The fourth-order valence-corrected chi connectivity index (χ4v) is 5.19. The summed E-state index contributed by atoms with van der Waals surface area (Å²) in [6, 6.07) is 7.42. The van der Waals surface area contributed by atoms with Gasteiger partial charge in [0.1, 0.15) is 12.2 Å². The number of methoxy groups -OCH3 is 1. The van der Waals surface area contributed by atoms with Gasteiger partial charge in [0.2, 0.25) is 0 Å². The Balaban J connectivity index is 1.49. The molecule has 2 aromatic rings. The van der Waals surface area contributed by atoms with Crippen LogP contribution in [0.5, 0.6) is 11.5 Å². The van der Waals surface area contributed by atoms with Gasteiger partial charge in [0.05, 0.1) is 13.7 Å². The highest BCUT2D eigenvalue weighted by Gasteiger charge is 2.42. The number of thiophene rings is 1. The Labute approximate surface area is 169 Å². The SMILES string of the molecule is C#CCOc1cc(C(=O)N2CCC3(CC2)OCCc2ccsc23)ccc1OC. The molecule has 1 saturated heterocycles. The minimum absolute atomic E-state index is 0.00901. The first-order valence-electron chi connectivity index (χ1n) is 9.41. The van der Waals surface area contributed by atoms with Gasteiger partial charge >= 0.3 is 0 Å². The van der Waals surface area contributed by atoms with Crippen LogP contribution in [0.1, 0.15) is 33.6 Å². The van der Waals surface area contributed by atoms with E-state index in [0.29, 0.717) is 30.2 Å². The van der Waals surface area contributed by atoms with Crippen LogP contribution in [0, 0.1) is 12.3 Å². The summed E-state index contributed by atoms with van der Waals surface area (Å²) in [7, 11) is 1.56. The van der Waals surface area contributed by atoms with E-state index in [1.807, 2.05) is 4.90 Å². The quantitative estimate of drug-likeness (QED) is 0.742. The maximum Gasteiger partial charge on any atom is 0.253 e. The third-order valence-electron chi connectivity index (χ3n) is 5.49. The monoisotopic (exact) mass is 397 g/mol. The van der Waals surface area contributed by atoms with Crippen molar-refractivity contribution in [3.63, 3.8) is 0 Å². The third kappa shape index (κ3) is 3.36. The Morgan fingerprint density at radius 1 is 1.32 bits per heavy atom. The number of likely N-dealkylation sites (tertiary alicyclic amines) is 1. The van der Waals surface area contributed by atoms with E-state index in [1.54, 1.807) is 36.6 Å². The number of rotatable bonds is 4. The summed E-state index contributed by atoms with van der Waals surface area (Å²) in [4.78, 5) is 16.3. The Morgan fingerprint density at radius 2 is 2.14 bits per heavy atom. The predicted octanol–water partition coefficient (Wildman–Crippen LogP) is 3.47. The van der Waals surface area contributed by atoms with Crippen molar-refractivity contribution in [2.75, 3.05) is 33.4 Å². The van der Waals surface area contributed by atoms with Gasteiger partial charge in [0, 0.05) is 23.5 Å². The molecular weight excluding hydrogens is 374 g/mol. The van der Waals surface area contributed by atoms with Crippen LogP contribution in [-0.2, 0) is 16.8 Å². The van der Waals surface area contributed by atoms with Gasteiger partial charge < -0.3 is 19.1 Å². The van der Waals surface area contributed by atoms with E-state index in [0.717, 1.165) is 25.9 Å². The summed E-state index contributed by atoms with van der Waals surface area (Å²) >= 11 is 1.78. The molecule has 1 fully saturated rings. The molecule has 28 heavy (non-hydrogen) atoms. The topological polar surface area (TPSA) is 48.0 Å². The summed E-state index contributed by atoms with van der Waals surface area (Å²) in [6.45, 7) is 2.22. The average molecular weight is 397 g/mol. The van der Waals surface area contributed by atoms with E-state index in [-0.39, 0.29) is 18.1 Å². The van der Waals surface area contributed by atoms with Crippen LogP contribution in [0.15, 0.2) is 29.6 Å². The molecule has 0 radical (unpaired) electrons. The van der Waals surface area contributed by atoms with Crippen molar-refractivity contribution in [1.29, 1.82) is 0 Å². The molecular formula is C22H23NO4S. The molecule has 0 bridgehead atoms. The maximum absolute atomic E-state index is 13.0. The number of amides is 1. The molecule has 3 heterocycles. The second-order valence-electron chi connectivity index (χ2n) is 7.02. The number of terminal acetylenes is 1. The highest BCUT2D eigenvalue weighted by atomic mass is 32.1. The summed E-state index contributed by atoms with van der Waals surface area (Å²) in [6.07, 6.45) is 7.90. The van der Waals surface area contributed by atoms with Gasteiger partial charge in [-0.2, -0.15) is 0 Å². The van der Waals surface area contributed by atoms with E-state index in [1.165, 1.54) is 10.4 Å². The number of benzene rings is 1. The number of carbonyl (C=O) groups excluding carboxylic acids is 1. The highest BCUT2D eigenvalue weighted by Crippen LogP contribution is 2.44. The fraction of sp³-hybridized carbons (Fsp3) is 0.409. The number of ether oxygens (including phenoxy) is 3. The molecule has 5 nitrogen and oxygen atoms in total. The van der Waals surface area contributed by atoms with Gasteiger partial charge in [-0.25, -0.2) is 0 Å². The van der Waals surface area contributed by atoms with Crippen molar-refractivity contribution >= 4 is 17.2 Å². The number of hydrogen-bond acceptors (Lipinski definition) is 5. The van der Waals surface area contributed by atoms with Gasteiger partial charge in [-0.15, -0.1) is 17.8 Å². The molecule has 1 aromatic carbocycles. The molecule has 1 amide bonds. The molecule has 146 valence electrons. The normalized spacial score (nSPS) is 17.6. The molecule has 2 aliphatic heterocycles. The Kier molecular flexibility index (Phi) is 5.29. The van der Waals surface area contributed by atoms with Crippen molar-refractivity contribution in [2.24, 2.45) is 0 Å². The fourth-order valence-electron chi connectivity index (χ4n) is 4.02. The number of piperidine rings is 1. The minimum Gasteiger partial charge on any atom is -0.493 e. The summed E-state index contributed by atoms with van der Waals surface area (Å²) in [5, 5.41) is 2.15. The summed E-state index contributed by atoms with van der Waals surface area (Å²) in [5.74, 6) is 3.47. The lowest BCUT2D eigenvalue weighted by Gasteiger charge is -2.43. The zero-order valence-electron chi connectivity index (χ0n) is 15.9. The highest BCUT2D eigenvalue weighted by molar-refractivity contribution is 7.10. The van der Waals surface area contributed by atoms with Crippen LogP contribution >= 0.6 is 11.3 Å². The van der Waals surface area contributed by atoms with Crippen molar-refractivity contribution in [2.45, 2.75) is 24.9 Å². The van der Waals surface area contributed by atoms with Gasteiger partial charge in [-0.3, -0.25) is 4.79 Å². The summed E-state index contributed by atoms with van der Waals surface area (Å²) in [5.41, 5.74) is 1.76. The van der Waals surface area contributed by atoms with Crippen molar-refractivity contribution < 1.29 is 19.0 Å². The molecule has 4 rings (SSSR count). The van der Waals surface area contributed by atoms with Crippen LogP contribution in [0.25, 0.3) is 0 Å². The van der Waals surface area contributed by atoms with Gasteiger partial charge in [0.15, 0.2) is 11.5 Å². The van der Waals surface area contributed by atoms with Crippen LogP contribution in [0.4, 0.5) is 0 Å². The van der Waals surface area contributed by atoms with Crippen molar-refractivity contribution in [1.82, 2.24) is 4.90 Å². The van der Waals surface area contributed by atoms with Gasteiger partial charge in [0.25, 0.3) is 5.91 Å². The Morgan fingerprint density at radius 3 is 2.89 bits per heavy atom. The maximum atomic E-state index is 13.0. The van der Waals surface area contributed by atoms with E-state index in [9.17, 15) is 4.79 Å². The first kappa shape index (κ1) is 18.9. The molecule has 0 aliphatic carbocycles. The second kappa shape index (κ2) is 7.86. The zero-order valence-corrected chi connectivity index (χ0v) is 16.7. The van der Waals surface area contributed by atoms with E-state index >= 15 is 0 Å². The smallest absolute Gasteiger partial charge is 0.253 e. The Bertz CT molecular complexity index is 906. The molecule has 2 aliphatic rings. The molecule has 0 saturated carbocycles. The van der Waals surface area contributed by atoms with E-state index in [2.05, 4.69) is 17.4 Å². The van der Waals surface area contributed by atoms with Gasteiger partial charge in [-0.05, 0) is 54.5 Å². The third-order valence-corrected chi connectivity index (χ3v) is 6.63. The van der Waals surface area contributed by atoms with E-state index in [4.69, 9.17) is 20.6 Å². The number of fused-ring (bicyclic) bond motifs is 2. The molecule has 0 atom stereocenters. The van der Waals surface area contributed by atoms with Crippen LogP contribution < -0.4 is 9.47 Å². The minimum atomic E-state index is -0.223. The number of carbonyl (C=O) groups is 1. The molecule has 0 N–H and O–H groups in total. The molecule has 1 aromatic heterocycles. The van der Waals surface area contributed by atoms with Gasteiger partial charge in [-0.1, -0.05) is 5.92 Å². The zero-order chi connectivity index (χ0) is 19.6. The Hall–Kier alpha value is -2.49. The first-order chi connectivity index (χ1) is 13.7. The van der Waals surface area contributed by atoms with E-state index < -0.39 is 0 Å². The standard InChI is InChI=1S/C22H23NO4S/c1-3-12-26-19-15-17(4-5-18(19)25-2)21(24)23-10-8-22(9-11-23)20-16(6-13-27-22)7-14-28-20/h1,4-5,7,14-15H,6,8-13H2,2H3. The van der Waals surface area contributed by atoms with Crippen LogP contribution in [-0.4, -0.2) is 44.2 Å². The number of hydrogen-bond donors (Lipinski definition) is 0. The van der Waals surface area contributed by atoms with Crippen molar-refractivity contribution in [3.8, 4) is 23.8 Å². The predicted molar refractivity (Wildman–Crippen MR) is 108 cm³/mol. The van der Waals surface area contributed by atoms with Crippen LogP contribution in [0.2, 0.25) is 0 Å². The lowest BCUT2D eigenvalue weighted by Crippen LogP contribution is -2.47. The second-order valence-corrected chi connectivity index (χ2v) is 7.93. The largest absolute Gasteiger partial charge is 0.493 e. The first-order valence-corrected chi connectivity index (χ1v) is 10.3. The average Bonchev–Trinajstić information content (AvgIpc) is 3.23. The number of nitrogens with zero attached hydrogens (tertiary/aromatic N) is 1. The molecule has 0 unspecified atom stereocenters.